The van der Waals surface area contributed by atoms with Gasteiger partial charge in [-0.2, -0.15) is 15.0 Å². The van der Waals surface area contributed by atoms with E-state index in [4.69, 9.17) is 16.3 Å². The highest BCUT2D eigenvalue weighted by molar-refractivity contribution is 6.28. The molecule has 0 amide bonds. The van der Waals surface area contributed by atoms with Crippen LogP contribution < -0.4 is 10.2 Å². The minimum Gasteiger partial charge on any atom is -0.394 e. The van der Waals surface area contributed by atoms with Gasteiger partial charge in [-0.25, -0.2) is 0 Å². The molecule has 0 radical (unpaired) electrons. The number of rotatable bonds is 6. The van der Waals surface area contributed by atoms with Gasteiger partial charge in [0.1, 0.15) is 0 Å². The van der Waals surface area contributed by atoms with Gasteiger partial charge < -0.3 is 20.1 Å². The Morgan fingerprint density at radius 1 is 1.41 bits per heavy atom. The van der Waals surface area contributed by atoms with Crippen LogP contribution in [0.4, 0.5) is 11.9 Å². The van der Waals surface area contributed by atoms with Crippen LogP contribution in [-0.4, -0.2) is 58.0 Å². The van der Waals surface area contributed by atoms with Crippen molar-refractivity contribution in [3.63, 3.8) is 0 Å². The molecule has 2 atom stereocenters. The molecule has 1 aromatic heterocycles. The minimum atomic E-state index is -0.165. The van der Waals surface area contributed by atoms with Gasteiger partial charge in [0.25, 0.3) is 0 Å². The van der Waals surface area contributed by atoms with Gasteiger partial charge in [-0.05, 0) is 31.4 Å². The summed E-state index contributed by atoms with van der Waals surface area (Å²) in [5.41, 5.74) is -0.165. The molecule has 0 saturated carbocycles. The third kappa shape index (κ3) is 3.77. The van der Waals surface area contributed by atoms with Crippen molar-refractivity contribution in [3.05, 3.63) is 5.28 Å². The first-order valence-electron chi connectivity index (χ1n) is 7.66. The Morgan fingerprint density at radius 3 is 2.82 bits per heavy atom. The highest BCUT2D eigenvalue weighted by Crippen LogP contribution is 2.28. The van der Waals surface area contributed by atoms with Crippen molar-refractivity contribution >= 4 is 23.5 Å². The predicted octanol–water partition coefficient (Wildman–Crippen LogP) is 1.71. The minimum absolute atomic E-state index is 0.0133. The number of hydrogen-bond donors (Lipinski definition) is 2. The molecule has 0 bridgehead atoms. The molecule has 1 aliphatic rings. The van der Waals surface area contributed by atoms with E-state index in [0.717, 1.165) is 12.8 Å². The summed E-state index contributed by atoms with van der Waals surface area (Å²) in [7, 11) is 0. The molecular formula is C14H24ClN5O2. The third-order valence-electron chi connectivity index (χ3n) is 4.17. The first-order valence-corrected chi connectivity index (χ1v) is 8.04. The topological polar surface area (TPSA) is 83.4 Å². The molecule has 1 aliphatic heterocycles. The van der Waals surface area contributed by atoms with E-state index in [2.05, 4.69) is 39.0 Å². The van der Waals surface area contributed by atoms with Crippen LogP contribution in [0.2, 0.25) is 5.28 Å². The first kappa shape index (κ1) is 17.2. The maximum atomic E-state index is 9.30. The van der Waals surface area contributed by atoms with Gasteiger partial charge in [-0.3, -0.25) is 0 Å². The highest BCUT2D eigenvalue weighted by Gasteiger charge is 2.35. The molecule has 1 fully saturated rings. The fourth-order valence-corrected chi connectivity index (χ4v) is 2.57. The van der Waals surface area contributed by atoms with E-state index in [1.807, 2.05) is 6.92 Å². The molecule has 0 aromatic carbocycles. The standard InChI is InChI=1S/C14H24ClN5O2/c1-4-10(8-21)16-12-17-11(15)18-13(19-12)20-6-7-22-9-14(20,3)5-2/h10,21H,4-9H2,1-3H3,(H,16,17,18,19). The van der Waals surface area contributed by atoms with Crippen molar-refractivity contribution in [2.75, 3.05) is 36.6 Å². The molecule has 2 heterocycles. The molecule has 1 aromatic rings. The highest BCUT2D eigenvalue weighted by atomic mass is 35.5. The normalized spacial score (nSPS) is 23.4. The monoisotopic (exact) mass is 329 g/mol. The molecule has 2 N–H and O–H groups in total. The van der Waals surface area contributed by atoms with Gasteiger partial charge in [-0.1, -0.05) is 13.8 Å². The molecule has 1 saturated heterocycles. The maximum Gasteiger partial charge on any atom is 0.232 e. The van der Waals surface area contributed by atoms with Crippen LogP contribution in [0.15, 0.2) is 0 Å². The zero-order valence-electron chi connectivity index (χ0n) is 13.3. The number of anilines is 2. The van der Waals surface area contributed by atoms with Gasteiger partial charge in [-0.15, -0.1) is 0 Å². The van der Waals surface area contributed by atoms with Gasteiger partial charge in [0, 0.05) is 6.54 Å². The quantitative estimate of drug-likeness (QED) is 0.822. The average Bonchev–Trinajstić information content (AvgIpc) is 2.52. The lowest BCUT2D eigenvalue weighted by molar-refractivity contribution is 0.0544. The maximum absolute atomic E-state index is 9.30. The Balaban J connectivity index is 2.28. The van der Waals surface area contributed by atoms with Crippen molar-refractivity contribution in [1.82, 2.24) is 15.0 Å². The van der Waals surface area contributed by atoms with Gasteiger partial charge >= 0.3 is 0 Å². The van der Waals surface area contributed by atoms with E-state index in [0.29, 0.717) is 31.7 Å². The number of nitrogens with one attached hydrogen (secondary N) is 1. The molecule has 0 aliphatic carbocycles. The summed E-state index contributed by atoms with van der Waals surface area (Å²) in [6.45, 7) is 8.20. The number of aliphatic hydroxyl groups excluding tert-OH is 1. The Kier molecular flexibility index (Phi) is 5.77. The summed E-state index contributed by atoms with van der Waals surface area (Å²) in [5.74, 6) is 0.934. The fraction of sp³-hybridized carbons (Fsp3) is 0.786. The van der Waals surface area contributed by atoms with Crippen LogP contribution in [-0.2, 0) is 4.74 Å². The number of aromatic nitrogens is 3. The van der Waals surface area contributed by atoms with Crippen molar-refractivity contribution in [1.29, 1.82) is 0 Å². The van der Waals surface area contributed by atoms with E-state index in [9.17, 15) is 5.11 Å². The number of aliphatic hydroxyl groups is 1. The summed E-state index contributed by atoms with van der Waals surface area (Å²) < 4.78 is 5.59. The summed E-state index contributed by atoms with van der Waals surface area (Å²) in [4.78, 5) is 15.0. The van der Waals surface area contributed by atoms with Crippen LogP contribution in [0.1, 0.15) is 33.6 Å². The second-order valence-corrected chi connectivity index (χ2v) is 6.05. The number of halogens is 1. The van der Waals surface area contributed by atoms with Crippen molar-refractivity contribution in [3.8, 4) is 0 Å². The molecule has 2 unspecified atom stereocenters. The molecule has 0 spiro atoms. The second kappa shape index (κ2) is 7.39. The molecule has 7 nitrogen and oxygen atoms in total. The second-order valence-electron chi connectivity index (χ2n) is 5.71. The van der Waals surface area contributed by atoms with Crippen LogP contribution in [0.5, 0.6) is 0 Å². The van der Waals surface area contributed by atoms with E-state index in [-0.39, 0.29) is 23.5 Å². The summed E-state index contributed by atoms with van der Waals surface area (Å²) in [5, 5.41) is 12.5. The van der Waals surface area contributed by atoms with Crippen LogP contribution in [0.3, 0.4) is 0 Å². The first-order chi connectivity index (χ1) is 10.5. The van der Waals surface area contributed by atoms with Gasteiger partial charge in [0.05, 0.1) is 31.4 Å². The molecule has 2 rings (SSSR count). The smallest absolute Gasteiger partial charge is 0.232 e. The van der Waals surface area contributed by atoms with Gasteiger partial charge in [0.2, 0.25) is 17.2 Å². The predicted molar refractivity (Wildman–Crippen MR) is 86.5 cm³/mol. The van der Waals surface area contributed by atoms with Gasteiger partial charge in [0.15, 0.2) is 0 Å². The molecule has 22 heavy (non-hydrogen) atoms. The lowest BCUT2D eigenvalue weighted by Crippen LogP contribution is -2.55. The Hall–Kier alpha value is -1.18. The Morgan fingerprint density at radius 2 is 2.18 bits per heavy atom. The fourth-order valence-electron chi connectivity index (χ4n) is 2.41. The molecule has 124 valence electrons. The van der Waals surface area contributed by atoms with Crippen LogP contribution in [0.25, 0.3) is 0 Å². The summed E-state index contributed by atoms with van der Waals surface area (Å²) in [6.07, 6.45) is 1.67. The number of nitrogens with zero attached hydrogens (tertiary/aromatic N) is 4. The van der Waals surface area contributed by atoms with Crippen molar-refractivity contribution < 1.29 is 9.84 Å². The summed E-state index contributed by atoms with van der Waals surface area (Å²) >= 11 is 6.05. The zero-order chi connectivity index (χ0) is 16.2. The number of ether oxygens (including phenoxy) is 1. The lowest BCUT2D eigenvalue weighted by atomic mass is 9.96. The Labute approximate surface area is 136 Å². The van der Waals surface area contributed by atoms with E-state index in [1.54, 1.807) is 0 Å². The van der Waals surface area contributed by atoms with Crippen LogP contribution >= 0.6 is 11.6 Å². The van der Waals surface area contributed by atoms with Crippen molar-refractivity contribution in [2.24, 2.45) is 0 Å². The number of hydrogen-bond acceptors (Lipinski definition) is 7. The largest absolute Gasteiger partial charge is 0.394 e. The van der Waals surface area contributed by atoms with Crippen LogP contribution in [0, 0.1) is 0 Å². The molecular weight excluding hydrogens is 306 g/mol. The number of morpholine rings is 1. The zero-order valence-corrected chi connectivity index (χ0v) is 14.1. The lowest BCUT2D eigenvalue weighted by Gasteiger charge is -2.44. The Bertz CT molecular complexity index is 500. The summed E-state index contributed by atoms with van der Waals surface area (Å²) in [6, 6.07) is -0.103. The SMILES string of the molecule is CCC(CO)Nc1nc(Cl)nc(N2CCOCC2(C)CC)n1. The van der Waals surface area contributed by atoms with Crippen molar-refractivity contribution in [2.45, 2.75) is 45.2 Å². The van der Waals surface area contributed by atoms with E-state index in [1.165, 1.54) is 0 Å². The third-order valence-corrected chi connectivity index (χ3v) is 4.34. The van der Waals surface area contributed by atoms with E-state index >= 15 is 0 Å². The average molecular weight is 330 g/mol. The van der Waals surface area contributed by atoms with E-state index < -0.39 is 0 Å². The molecule has 8 heteroatoms.